The van der Waals surface area contributed by atoms with Gasteiger partial charge in [-0.05, 0) is 31.5 Å². The number of sulfonamides is 1. The van der Waals surface area contributed by atoms with Crippen LogP contribution >= 0.6 is 0 Å². The lowest BCUT2D eigenvalue weighted by Gasteiger charge is -2.07. The van der Waals surface area contributed by atoms with Crippen LogP contribution in [0.2, 0.25) is 0 Å². The van der Waals surface area contributed by atoms with Gasteiger partial charge in [-0.1, -0.05) is 0 Å². The SMILES string of the molecule is Cc1ccnc(NS(=O)(=O)c2c(N)nn(C)c2C)c1. The molecule has 2 heterocycles. The Morgan fingerprint density at radius 3 is 2.58 bits per heavy atom. The van der Waals surface area contributed by atoms with E-state index in [1.165, 1.54) is 10.9 Å². The van der Waals surface area contributed by atoms with Gasteiger partial charge in [-0.3, -0.25) is 9.40 Å². The smallest absolute Gasteiger partial charge is 0.268 e. The lowest BCUT2D eigenvalue weighted by atomic mass is 10.3. The number of aromatic nitrogens is 3. The van der Waals surface area contributed by atoms with E-state index in [0.29, 0.717) is 5.69 Å². The Morgan fingerprint density at radius 1 is 1.37 bits per heavy atom. The minimum Gasteiger partial charge on any atom is -0.381 e. The normalized spacial score (nSPS) is 11.5. The summed E-state index contributed by atoms with van der Waals surface area (Å²) in [6.45, 7) is 3.49. The molecule has 3 N–H and O–H groups in total. The molecule has 7 nitrogen and oxygen atoms in total. The molecule has 0 spiro atoms. The highest BCUT2D eigenvalue weighted by molar-refractivity contribution is 7.93. The molecule has 0 unspecified atom stereocenters. The summed E-state index contributed by atoms with van der Waals surface area (Å²) in [4.78, 5) is 3.94. The minimum absolute atomic E-state index is 0.0155. The Kier molecular flexibility index (Phi) is 3.19. The van der Waals surface area contributed by atoms with E-state index < -0.39 is 10.0 Å². The zero-order valence-corrected chi connectivity index (χ0v) is 11.7. The quantitative estimate of drug-likeness (QED) is 0.866. The molecular formula is C11H15N5O2S. The highest BCUT2D eigenvalue weighted by Gasteiger charge is 2.25. The van der Waals surface area contributed by atoms with Crippen molar-refractivity contribution in [1.29, 1.82) is 0 Å². The predicted octanol–water partition coefficient (Wildman–Crippen LogP) is 0.815. The zero-order valence-electron chi connectivity index (χ0n) is 10.9. The van der Waals surface area contributed by atoms with Crippen LogP contribution in [0.25, 0.3) is 0 Å². The Morgan fingerprint density at radius 2 is 2.05 bits per heavy atom. The van der Waals surface area contributed by atoms with Crippen LogP contribution < -0.4 is 10.5 Å². The molecule has 102 valence electrons. The second kappa shape index (κ2) is 4.54. The summed E-state index contributed by atoms with van der Waals surface area (Å²) in [6, 6.07) is 3.42. The molecule has 0 fully saturated rings. The van der Waals surface area contributed by atoms with Crippen molar-refractivity contribution in [3.05, 3.63) is 29.6 Å². The number of anilines is 2. The van der Waals surface area contributed by atoms with E-state index >= 15 is 0 Å². The molecule has 2 aromatic heterocycles. The number of pyridine rings is 1. The van der Waals surface area contributed by atoms with Crippen molar-refractivity contribution in [2.24, 2.45) is 7.05 Å². The minimum atomic E-state index is -3.79. The molecule has 0 atom stereocenters. The van der Waals surface area contributed by atoms with Gasteiger partial charge in [0, 0.05) is 13.2 Å². The molecule has 2 rings (SSSR count). The third kappa shape index (κ3) is 2.53. The number of hydrogen-bond acceptors (Lipinski definition) is 5. The van der Waals surface area contributed by atoms with Gasteiger partial charge in [-0.15, -0.1) is 0 Å². The van der Waals surface area contributed by atoms with Crippen LogP contribution in [0.15, 0.2) is 23.2 Å². The summed E-state index contributed by atoms with van der Waals surface area (Å²) in [5.74, 6) is 0.225. The average molecular weight is 281 g/mol. The Hall–Kier alpha value is -2.09. The lowest BCUT2D eigenvalue weighted by Crippen LogP contribution is -2.16. The number of aryl methyl sites for hydroxylation is 2. The number of hydrogen-bond donors (Lipinski definition) is 2. The summed E-state index contributed by atoms with van der Waals surface area (Å²) in [7, 11) is -2.16. The monoisotopic (exact) mass is 281 g/mol. The first-order chi connectivity index (χ1) is 8.81. The van der Waals surface area contributed by atoms with E-state index in [4.69, 9.17) is 5.73 Å². The Labute approximate surface area is 111 Å². The van der Waals surface area contributed by atoms with Crippen molar-refractivity contribution < 1.29 is 8.42 Å². The summed E-state index contributed by atoms with van der Waals surface area (Å²) in [5, 5.41) is 3.89. The summed E-state index contributed by atoms with van der Waals surface area (Å²) < 4.78 is 28.4. The molecule has 0 radical (unpaired) electrons. The number of rotatable bonds is 3. The summed E-state index contributed by atoms with van der Waals surface area (Å²) in [6.07, 6.45) is 1.53. The van der Waals surface area contributed by atoms with Gasteiger partial charge in [-0.25, -0.2) is 13.4 Å². The van der Waals surface area contributed by atoms with Crippen molar-refractivity contribution in [3.63, 3.8) is 0 Å². The highest BCUT2D eigenvalue weighted by atomic mass is 32.2. The first-order valence-corrected chi connectivity index (χ1v) is 7.04. The van der Waals surface area contributed by atoms with Crippen molar-refractivity contribution in [2.75, 3.05) is 10.5 Å². The summed E-state index contributed by atoms with van der Waals surface area (Å²) >= 11 is 0. The fourth-order valence-corrected chi connectivity index (χ4v) is 3.05. The molecule has 0 saturated heterocycles. The number of nitrogens with two attached hydrogens (primary N) is 1. The van der Waals surface area contributed by atoms with Crippen LogP contribution in [-0.4, -0.2) is 23.2 Å². The van der Waals surface area contributed by atoms with Crippen molar-refractivity contribution >= 4 is 21.7 Å². The topological polar surface area (TPSA) is 103 Å². The molecule has 0 bridgehead atoms. The fraction of sp³-hybridized carbons (Fsp3) is 0.273. The second-order valence-corrected chi connectivity index (χ2v) is 5.87. The molecule has 2 aromatic rings. The molecule has 0 saturated carbocycles. The van der Waals surface area contributed by atoms with E-state index in [2.05, 4.69) is 14.8 Å². The maximum Gasteiger partial charge on any atom is 0.268 e. The molecule has 8 heteroatoms. The van der Waals surface area contributed by atoms with E-state index in [9.17, 15) is 8.42 Å². The predicted molar refractivity (Wildman–Crippen MR) is 72.1 cm³/mol. The molecule has 19 heavy (non-hydrogen) atoms. The van der Waals surface area contributed by atoms with Gasteiger partial charge in [0.2, 0.25) is 0 Å². The fourth-order valence-electron chi connectivity index (χ4n) is 1.73. The zero-order chi connectivity index (χ0) is 14.2. The molecular weight excluding hydrogens is 266 g/mol. The van der Waals surface area contributed by atoms with Crippen molar-refractivity contribution in [1.82, 2.24) is 14.8 Å². The molecule has 0 aliphatic heterocycles. The Bertz CT molecular complexity index is 721. The van der Waals surface area contributed by atoms with Crippen molar-refractivity contribution in [3.8, 4) is 0 Å². The van der Waals surface area contributed by atoms with Crippen LogP contribution in [0, 0.1) is 13.8 Å². The highest BCUT2D eigenvalue weighted by Crippen LogP contribution is 2.23. The van der Waals surface area contributed by atoms with Crippen LogP contribution in [0.4, 0.5) is 11.6 Å². The van der Waals surface area contributed by atoms with Gasteiger partial charge in [-0.2, -0.15) is 5.10 Å². The number of nitrogen functional groups attached to an aromatic ring is 1. The van der Waals surface area contributed by atoms with Crippen LogP contribution in [0.3, 0.4) is 0 Å². The average Bonchev–Trinajstić information content (AvgIpc) is 2.52. The molecule has 0 amide bonds. The van der Waals surface area contributed by atoms with Crippen LogP contribution in [-0.2, 0) is 17.1 Å². The Balaban J connectivity index is 2.44. The maximum atomic E-state index is 12.3. The first-order valence-electron chi connectivity index (χ1n) is 5.56. The van der Waals surface area contributed by atoms with Gasteiger partial charge >= 0.3 is 0 Å². The van der Waals surface area contributed by atoms with E-state index in [-0.39, 0.29) is 16.5 Å². The van der Waals surface area contributed by atoms with Gasteiger partial charge in [0.05, 0.1) is 5.69 Å². The van der Waals surface area contributed by atoms with Gasteiger partial charge in [0.15, 0.2) is 10.7 Å². The number of nitrogens with one attached hydrogen (secondary N) is 1. The van der Waals surface area contributed by atoms with Crippen LogP contribution in [0.5, 0.6) is 0 Å². The largest absolute Gasteiger partial charge is 0.381 e. The second-order valence-electron chi connectivity index (χ2n) is 4.25. The van der Waals surface area contributed by atoms with Gasteiger partial charge in [0.25, 0.3) is 10.0 Å². The molecule has 0 aliphatic carbocycles. The summed E-state index contributed by atoms with van der Waals surface area (Å²) in [5.41, 5.74) is 7.02. The van der Waals surface area contributed by atoms with Crippen molar-refractivity contribution in [2.45, 2.75) is 18.7 Å². The third-order valence-electron chi connectivity index (χ3n) is 2.73. The van der Waals surface area contributed by atoms with Crippen LogP contribution in [0.1, 0.15) is 11.3 Å². The van der Waals surface area contributed by atoms with E-state index in [1.807, 2.05) is 6.92 Å². The van der Waals surface area contributed by atoms with E-state index in [0.717, 1.165) is 5.56 Å². The maximum absolute atomic E-state index is 12.3. The van der Waals surface area contributed by atoms with Gasteiger partial charge < -0.3 is 5.73 Å². The molecule has 0 aromatic carbocycles. The van der Waals surface area contributed by atoms with E-state index in [1.54, 1.807) is 26.1 Å². The van der Waals surface area contributed by atoms with Gasteiger partial charge in [0.1, 0.15) is 5.82 Å². The standard InChI is InChI=1S/C11H15N5O2S/c1-7-4-5-13-9(6-7)15-19(17,18)10-8(2)16(3)14-11(10)12/h4-6H,1-3H3,(H2,12,14)(H,13,15). The lowest BCUT2D eigenvalue weighted by molar-refractivity contribution is 0.600. The number of nitrogens with zero attached hydrogens (tertiary/aromatic N) is 3. The first kappa shape index (κ1) is 13.3. The third-order valence-corrected chi connectivity index (χ3v) is 4.25. The molecule has 0 aliphatic rings.